The second-order valence-electron chi connectivity index (χ2n) is 7.56. The van der Waals surface area contributed by atoms with Crippen LogP contribution in [0.15, 0.2) is 22.7 Å². The first-order valence-corrected chi connectivity index (χ1v) is 8.84. The fourth-order valence-electron chi connectivity index (χ4n) is 3.04. The van der Waals surface area contributed by atoms with Gasteiger partial charge in [-0.1, -0.05) is 20.8 Å². The van der Waals surface area contributed by atoms with Crippen LogP contribution in [0.2, 0.25) is 0 Å². The molecule has 1 heterocycles. The predicted octanol–water partition coefficient (Wildman–Crippen LogP) is 5.64. The second-order valence-corrected chi connectivity index (χ2v) is 8.36. The smallest absolute Gasteiger partial charge is 0.226 e. The van der Waals surface area contributed by atoms with E-state index in [4.69, 9.17) is 0 Å². The van der Waals surface area contributed by atoms with Gasteiger partial charge >= 0.3 is 0 Å². The monoisotopic (exact) mass is 380 g/mol. The third-order valence-electron chi connectivity index (χ3n) is 4.29. The van der Waals surface area contributed by atoms with Crippen molar-refractivity contribution < 1.29 is 9.18 Å². The van der Waals surface area contributed by atoms with Crippen molar-refractivity contribution in [3.63, 3.8) is 0 Å². The summed E-state index contributed by atoms with van der Waals surface area (Å²) in [5.74, 6) is 0.488. The summed E-state index contributed by atoms with van der Waals surface area (Å²) in [5.41, 5.74) is 0.767. The fourth-order valence-corrected chi connectivity index (χ4v) is 3.67. The molecule has 1 saturated carbocycles. The maximum atomic E-state index is 13.7. The van der Waals surface area contributed by atoms with Crippen molar-refractivity contribution in [2.45, 2.75) is 52.5 Å². The summed E-state index contributed by atoms with van der Waals surface area (Å²) in [5, 5.41) is 3.98. The van der Waals surface area contributed by atoms with E-state index in [1.54, 1.807) is 12.1 Å². The Hall–Kier alpha value is -1.36. The molecular weight excluding hydrogens is 359 g/mol. The number of hydrogen-bond donors (Lipinski definition) is 1. The Balaban J connectivity index is 2.04. The number of nitrogens with zero attached hydrogens (tertiary/aromatic N) is 1. The van der Waals surface area contributed by atoms with Gasteiger partial charge in [-0.2, -0.15) is 0 Å². The Morgan fingerprint density at radius 1 is 1.39 bits per heavy atom. The number of fused-ring (bicyclic) bond motifs is 1. The molecule has 0 bridgehead atoms. The van der Waals surface area contributed by atoms with E-state index in [0.29, 0.717) is 12.5 Å². The Labute approximate surface area is 144 Å². The van der Waals surface area contributed by atoms with Crippen molar-refractivity contribution in [2.75, 3.05) is 5.32 Å². The molecule has 0 spiro atoms. The van der Waals surface area contributed by atoms with E-state index in [1.807, 2.05) is 20.8 Å². The van der Waals surface area contributed by atoms with E-state index in [-0.39, 0.29) is 17.1 Å². The van der Waals surface area contributed by atoms with E-state index in [9.17, 15) is 9.18 Å². The zero-order valence-corrected chi connectivity index (χ0v) is 15.3. The van der Waals surface area contributed by atoms with Crippen LogP contribution in [0.3, 0.4) is 0 Å². The van der Waals surface area contributed by atoms with E-state index in [1.165, 1.54) is 12.5 Å². The zero-order chi connectivity index (χ0) is 16.8. The van der Waals surface area contributed by atoms with Gasteiger partial charge in [-0.25, -0.2) is 4.39 Å². The van der Waals surface area contributed by atoms with E-state index in [0.717, 1.165) is 34.0 Å². The number of carbonyl (C=O) groups excluding carboxylic acids is 1. The first kappa shape index (κ1) is 16.5. The van der Waals surface area contributed by atoms with Gasteiger partial charge < -0.3 is 9.88 Å². The van der Waals surface area contributed by atoms with Crippen molar-refractivity contribution in [3.8, 4) is 0 Å². The molecule has 124 valence electrons. The van der Waals surface area contributed by atoms with Crippen LogP contribution >= 0.6 is 15.9 Å². The highest BCUT2D eigenvalue weighted by molar-refractivity contribution is 9.10. The lowest BCUT2D eigenvalue weighted by atomic mass is 9.92. The lowest BCUT2D eigenvalue weighted by molar-refractivity contribution is -0.117. The van der Waals surface area contributed by atoms with Gasteiger partial charge in [-0.15, -0.1) is 0 Å². The van der Waals surface area contributed by atoms with Crippen LogP contribution in [-0.4, -0.2) is 10.5 Å². The first-order valence-electron chi connectivity index (χ1n) is 8.05. The summed E-state index contributed by atoms with van der Waals surface area (Å²) < 4.78 is 16.6. The first-order chi connectivity index (χ1) is 10.8. The molecule has 23 heavy (non-hydrogen) atoms. The average Bonchev–Trinajstić information content (AvgIpc) is 2.60. The summed E-state index contributed by atoms with van der Waals surface area (Å²) in [7, 11) is 0. The quantitative estimate of drug-likeness (QED) is 0.733. The number of hydrogen-bond acceptors (Lipinski definition) is 1. The summed E-state index contributed by atoms with van der Waals surface area (Å²) >= 11 is 3.60. The molecule has 0 atom stereocenters. The van der Waals surface area contributed by atoms with Crippen LogP contribution in [0.5, 0.6) is 0 Å². The molecule has 1 aliphatic carbocycles. The number of benzene rings is 1. The van der Waals surface area contributed by atoms with Gasteiger partial charge in [0.1, 0.15) is 11.6 Å². The molecule has 0 aliphatic heterocycles. The molecule has 0 unspecified atom stereocenters. The van der Waals surface area contributed by atoms with Crippen LogP contribution in [0.4, 0.5) is 10.2 Å². The maximum absolute atomic E-state index is 13.7. The lowest BCUT2D eigenvalue weighted by Crippen LogP contribution is -2.24. The summed E-state index contributed by atoms with van der Waals surface area (Å²) in [6, 6.07) is 5.11. The molecule has 1 aromatic carbocycles. The maximum Gasteiger partial charge on any atom is 0.226 e. The molecule has 3 nitrogen and oxygen atoms in total. The topological polar surface area (TPSA) is 34.0 Å². The molecule has 0 saturated heterocycles. The van der Waals surface area contributed by atoms with Gasteiger partial charge in [-0.3, -0.25) is 4.79 Å². The van der Waals surface area contributed by atoms with Crippen LogP contribution in [0.25, 0.3) is 10.9 Å². The van der Waals surface area contributed by atoms with Crippen LogP contribution in [-0.2, 0) is 4.79 Å². The number of rotatable bonds is 3. The highest BCUT2D eigenvalue weighted by Crippen LogP contribution is 2.43. The summed E-state index contributed by atoms with van der Waals surface area (Å²) in [6.07, 6.45) is 3.75. The Morgan fingerprint density at radius 2 is 2.09 bits per heavy atom. The number of aromatic nitrogens is 1. The Bertz CT molecular complexity index is 756. The SMILES string of the molecule is CC(C)(C)CC(=O)Nc1c(Br)c2ccc(F)cc2n1C1CCC1. The normalized spacial score (nSPS) is 15.7. The van der Waals surface area contributed by atoms with Gasteiger partial charge in [-0.05, 0) is 58.8 Å². The van der Waals surface area contributed by atoms with E-state index in [2.05, 4.69) is 25.8 Å². The molecular formula is C18H22BrFN2O. The number of anilines is 1. The van der Waals surface area contributed by atoms with Crippen molar-refractivity contribution in [1.29, 1.82) is 0 Å². The molecule has 2 aromatic rings. The number of amides is 1. The molecule has 3 rings (SSSR count). The number of nitrogens with one attached hydrogen (secondary N) is 1. The second kappa shape index (κ2) is 5.93. The number of carbonyl (C=O) groups is 1. The van der Waals surface area contributed by atoms with Gasteiger partial charge in [0.05, 0.1) is 9.99 Å². The highest BCUT2D eigenvalue weighted by atomic mass is 79.9. The molecule has 1 aromatic heterocycles. The average molecular weight is 381 g/mol. The van der Waals surface area contributed by atoms with Gasteiger partial charge in [0.2, 0.25) is 5.91 Å². The van der Waals surface area contributed by atoms with Crippen molar-refractivity contribution in [3.05, 3.63) is 28.5 Å². The predicted molar refractivity (Wildman–Crippen MR) is 95.2 cm³/mol. The van der Waals surface area contributed by atoms with Crippen molar-refractivity contribution >= 4 is 38.6 Å². The Kier molecular flexibility index (Phi) is 4.25. The summed E-state index contributed by atoms with van der Waals surface area (Å²) in [4.78, 5) is 12.4. The largest absolute Gasteiger partial charge is 0.323 e. The Morgan fingerprint density at radius 3 is 2.65 bits per heavy atom. The van der Waals surface area contributed by atoms with Gasteiger partial charge in [0.15, 0.2) is 0 Å². The lowest BCUT2D eigenvalue weighted by Gasteiger charge is -2.30. The summed E-state index contributed by atoms with van der Waals surface area (Å²) in [6.45, 7) is 6.12. The minimum absolute atomic E-state index is 0.0120. The highest BCUT2D eigenvalue weighted by Gasteiger charge is 2.28. The molecule has 1 aliphatic rings. The van der Waals surface area contributed by atoms with Crippen LogP contribution < -0.4 is 5.32 Å². The molecule has 0 radical (unpaired) electrons. The zero-order valence-electron chi connectivity index (χ0n) is 13.7. The van der Waals surface area contributed by atoms with Gasteiger partial charge in [0.25, 0.3) is 0 Å². The van der Waals surface area contributed by atoms with Crippen LogP contribution in [0, 0.1) is 11.2 Å². The standard InChI is InChI=1S/C18H22BrFN2O/c1-18(2,3)10-15(23)21-17-16(19)13-8-7-11(20)9-14(13)22(17)12-5-4-6-12/h7-9,12H,4-6,10H2,1-3H3,(H,21,23). The fraction of sp³-hybridized carbons (Fsp3) is 0.500. The minimum atomic E-state index is -0.254. The van der Waals surface area contributed by atoms with E-state index < -0.39 is 0 Å². The van der Waals surface area contributed by atoms with Crippen molar-refractivity contribution in [2.24, 2.45) is 5.41 Å². The molecule has 5 heteroatoms. The molecule has 1 amide bonds. The third kappa shape index (κ3) is 3.30. The number of halogens is 2. The van der Waals surface area contributed by atoms with Gasteiger partial charge in [0, 0.05) is 17.8 Å². The van der Waals surface area contributed by atoms with Crippen molar-refractivity contribution in [1.82, 2.24) is 4.57 Å². The van der Waals surface area contributed by atoms with Crippen LogP contribution in [0.1, 0.15) is 52.5 Å². The van der Waals surface area contributed by atoms with E-state index >= 15 is 0 Å². The minimum Gasteiger partial charge on any atom is -0.323 e. The molecule has 1 fully saturated rings. The third-order valence-corrected chi connectivity index (χ3v) is 5.10. The molecule has 1 N–H and O–H groups in total.